The van der Waals surface area contributed by atoms with Crippen molar-refractivity contribution in [2.75, 3.05) is 12.4 Å². The molecule has 0 radical (unpaired) electrons. The van der Waals surface area contributed by atoms with E-state index in [1.54, 1.807) is 0 Å². The summed E-state index contributed by atoms with van der Waals surface area (Å²) < 4.78 is 15.7. The van der Waals surface area contributed by atoms with E-state index in [4.69, 9.17) is 9.79 Å². The number of rotatable bonds is 3. The molecule has 0 unspecified atom stereocenters. The molecule has 1 aliphatic heterocycles. The number of aliphatic imine (C=N–C) groups is 1. The first kappa shape index (κ1) is 12.4. The maximum atomic E-state index is 11.0. The molecule has 1 aliphatic rings. The van der Waals surface area contributed by atoms with Gasteiger partial charge in [-0.1, -0.05) is 0 Å². The minimum atomic E-state index is -4.38. The van der Waals surface area contributed by atoms with Gasteiger partial charge in [0.2, 0.25) is 0 Å². The topological polar surface area (TPSA) is 96.2 Å². The van der Waals surface area contributed by atoms with E-state index in [9.17, 15) is 9.36 Å². The van der Waals surface area contributed by atoms with Gasteiger partial charge in [0.05, 0.1) is 5.55 Å². The molecular formula is C7H10NO5PS. The Balaban J connectivity index is 2.88. The van der Waals surface area contributed by atoms with Gasteiger partial charge in [-0.15, -0.1) is 11.8 Å². The molecule has 0 aliphatic carbocycles. The maximum absolute atomic E-state index is 11.0. The first-order valence-electron chi connectivity index (χ1n) is 3.97. The quantitative estimate of drug-likeness (QED) is 0.566. The average Bonchev–Trinajstić information content (AvgIpc) is 2.13. The van der Waals surface area contributed by atoms with Crippen molar-refractivity contribution in [2.24, 2.45) is 4.99 Å². The Labute approximate surface area is 90.6 Å². The molecule has 0 spiro atoms. The zero-order chi connectivity index (χ0) is 11.5. The minimum Gasteiger partial charge on any atom is -0.461 e. The van der Waals surface area contributed by atoms with Gasteiger partial charge in [-0.2, -0.15) is 0 Å². The first-order valence-corrected chi connectivity index (χ1v) is 6.63. The zero-order valence-corrected chi connectivity index (χ0v) is 9.62. The van der Waals surface area contributed by atoms with Gasteiger partial charge in [-0.25, -0.2) is 4.99 Å². The van der Waals surface area contributed by atoms with Gasteiger partial charge in [0.15, 0.2) is 5.44 Å². The Morgan fingerprint density at radius 2 is 2.40 bits per heavy atom. The predicted molar refractivity (Wildman–Crippen MR) is 56.7 cm³/mol. The normalized spacial score (nSPS) is 16.7. The lowest BCUT2D eigenvalue weighted by Gasteiger charge is -2.15. The fourth-order valence-electron chi connectivity index (χ4n) is 0.957. The van der Waals surface area contributed by atoms with Crippen LogP contribution in [0.4, 0.5) is 0 Å². The van der Waals surface area contributed by atoms with Gasteiger partial charge >= 0.3 is 13.6 Å². The Kier molecular flexibility index (Phi) is 4.10. The number of nitrogens with zero attached hydrogens (tertiary/aromatic N) is 1. The van der Waals surface area contributed by atoms with Crippen molar-refractivity contribution in [1.82, 2.24) is 0 Å². The number of hydrogen-bond acceptors (Lipinski definition) is 5. The molecule has 2 N–H and O–H groups in total. The summed E-state index contributed by atoms with van der Waals surface area (Å²) in [7, 11) is -4.38. The zero-order valence-electron chi connectivity index (χ0n) is 7.91. The fourth-order valence-corrected chi connectivity index (χ4v) is 2.58. The molecule has 0 atom stereocenters. The number of esters is 1. The smallest absolute Gasteiger partial charge is 0.374 e. The van der Waals surface area contributed by atoms with Crippen LogP contribution in [0, 0.1) is 0 Å². The van der Waals surface area contributed by atoms with Crippen LogP contribution in [0.5, 0.6) is 0 Å². The van der Waals surface area contributed by atoms with Crippen LogP contribution < -0.4 is 0 Å². The van der Waals surface area contributed by atoms with E-state index in [1.165, 1.54) is 24.2 Å². The largest absolute Gasteiger partial charge is 0.461 e. The summed E-state index contributed by atoms with van der Waals surface area (Å²) in [5.74, 6) is -0.121. The summed E-state index contributed by atoms with van der Waals surface area (Å²) in [5, 5.41) is 0. The van der Waals surface area contributed by atoms with Gasteiger partial charge < -0.3 is 14.5 Å². The second-order valence-electron chi connectivity index (χ2n) is 2.80. The van der Waals surface area contributed by atoms with E-state index >= 15 is 0 Å². The predicted octanol–water partition coefficient (Wildman–Crippen LogP) is 0.714. The number of carbonyl (C=O) groups excluding carboxylic acids is 1. The molecule has 0 saturated heterocycles. The molecule has 6 nitrogen and oxygen atoms in total. The molecule has 0 amide bonds. The van der Waals surface area contributed by atoms with Crippen molar-refractivity contribution in [3.8, 4) is 0 Å². The van der Waals surface area contributed by atoms with Crippen molar-refractivity contribution < 1.29 is 23.9 Å². The molecule has 84 valence electrons. The van der Waals surface area contributed by atoms with Crippen molar-refractivity contribution in [1.29, 1.82) is 0 Å². The van der Waals surface area contributed by atoms with Crippen LogP contribution in [0.1, 0.15) is 6.92 Å². The van der Waals surface area contributed by atoms with Crippen LogP contribution in [0.25, 0.3) is 0 Å². The summed E-state index contributed by atoms with van der Waals surface area (Å²) in [6.45, 7) is 1.11. The molecule has 1 heterocycles. The molecule has 0 fully saturated rings. The Morgan fingerprint density at radius 1 is 1.73 bits per heavy atom. The number of carbonyl (C=O) groups is 1. The van der Waals surface area contributed by atoms with Crippen LogP contribution >= 0.6 is 19.4 Å². The number of ether oxygens (including phenoxy) is 1. The highest BCUT2D eigenvalue weighted by atomic mass is 32.2. The minimum absolute atomic E-state index is 0.125. The standard InChI is InChI=1S/C7H10NO5PS/c1-5(9)13-2-6-3-15-4-8-7(6)14(10,11)12/h4H,2-3H2,1H3,(H2,10,11,12). The molecule has 1 rings (SSSR count). The Hall–Kier alpha value is -0.620. The SMILES string of the molecule is CC(=O)OCC1=C(P(=O)(O)O)N=CSC1. The van der Waals surface area contributed by atoms with Crippen LogP contribution in [-0.2, 0) is 14.1 Å². The summed E-state index contributed by atoms with van der Waals surface area (Å²) >= 11 is 1.29. The molecule has 0 saturated carbocycles. The molecular weight excluding hydrogens is 241 g/mol. The third-order valence-corrected chi connectivity index (χ3v) is 3.30. The molecule has 15 heavy (non-hydrogen) atoms. The first-order chi connectivity index (χ1) is 6.91. The van der Waals surface area contributed by atoms with Gasteiger partial charge in [-0.3, -0.25) is 9.36 Å². The van der Waals surface area contributed by atoms with E-state index in [0.717, 1.165) is 0 Å². The molecule has 0 bridgehead atoms. The lowest BCUT2D eigenvalue weighted by Crippen LogP contribution is -2.09. The average molecular weight is 251 g/mol. The number of hydrogen-bond donors (Lipinski definition) is 2. The summed E-state index contributed by atoms with van der Waals surface area (Å²) in [6.07, 6.45) is 0. The molecule has 0 aromatic heterocycles. The van der Waals surface area contributed by atoms with Crippen molar-refractivity contribution in [3.63, 3.8) is 0 Å². The molecule has 0 aromatic rings. The maximum Gasteiger partial charge on any atom is 0.374 e. The van der Waals surface area contributed by atoms with Crippen molar-refractivity contribution in [3.05, 3.63) is 11.0 Å². The summed E-state index contributed by atoms with van der Waals surface area (Å²) in [6, 6.07) is 0. The van der Waals surface area contributed by atoms with E-state index in [-0.39, 0.29) is 12.0 Å². The van der Waals surface area contributed by atoms with Gasteiger partial charge in [0.25, 0.3) is 0 Å². The van der Waals surface area contributed by atoms with E-state index in [0.29, 0.717) is 11.3 Å². The highest BCUT2D eigenvalue weighted by Crippen LogP contribution is 2.48. The van der Waals surface area contributed by atoms with Gasteiger partial charge in [0, 0.05) is 18.2 Å². The highest BCUT2D eigenvalue weighted by Gasteiger charge is 2.26. The monoisotopic (exact) mass is 251 g/mol. The second kappa shape index (κ2) is 4.94. The van der Waals surface area contributed by atoms with Gasteiger partial charge in [0.1, 0.15) is 6.61 Å². The van der Waals surface area contributed by atoms with Crippen LogP contribution in [0.3, 0.4) is 0 Å². The summed E-state index contributed by atoms with van der Waals surface area (Å²) in [5.41, 5.74) is 1.43. The van der Waals surface area contributed by atoms with E-state index in [1.807, 2.05) is 0 Å². The Bertz CT molecular complexity index is 372. The lowest BCUT2D eigenvalue weighted by molar-refractivity contribution is -0.139. The Morgan fingerprint density at radius 3 is 2.93 bits per heavy atom. The summed E-state index contributed by atoms with van der Waals surface area (Å²) in [4.78, 5) is 32.1. The lowest BCUT2D eigenvalue weighted by atomic mass is 10.3. The second-order valence-corrected chi connectivity index (χ2v) is 5.14. The number of thioether (sulfide) groups is 1. The van der Waals surface area contributed by atoms with Crippen LogP contribution in [0.15, 0.2) is 16.0 Å². The van der Waals surface area contributed by atoms with Crippen LogP contribution in [-0.4, -0.2) is 33.7 Å². The van der Waals surface area contributed by atoms with Gasteiger partial charge in [-0.05, 0) is 0 Å². The van der Waals surface area contributed by atoms with Crippen LogP contribution in [0.2, 0.25) is 0 Å². The third kappa shape index (κ3) is 3.79. The molecule has 8 heteroatoms. The third-order valence-electron chi connectivity index (χ3n) is 1.55. The van der Waals surface area contributed by atoms with Crippen molar-refractivity contribution in [2.45, 2.75) is 6.92 Å². The van der Waals surface area contributed by atoms with Crippen molar-refractivity contribution >= 4 is 30.9 Å². The molecule has 0 aromatic carbocycles. The van der Waals surface area contributed by atoms with E-state index < -0.39 is 13.6 Å². The van der Waals surface area contributed by atoms with E-state index in [2.05, 4.69) is 9.73 Å². The highest BCUT2D eigenvalue weighted by molar-refractivity contribution is 8.12. The fraction of sp³-hybridized carbons (Fsp3) is 0.429.